The van der Waals surface area contributed by atoms with Gasteiger partial charge in [0.1, 0.15) is 28.2 Å². The standard InChI is InChI=1S/C35H34N.C30H32N.2C27H26N/c1-23-15-17-31(24(2)19-23)34-21-35(36(6)22-26(34)4)33-14-10-13-32(27(33)5)30-18-16-29(20-25(30)3)28-11-8-7-9-12-28;1-19-14-15-25(22(4)16-19)26-12-9-13-27(24(26)6)29-17-28(23(5)18-31(29)7)30-20(2)10-8-11-21(30)3;1-19-11-13-22(14-12-19)23-15-16-24(20(2)18-23)25-8-7-9-26(21(25)3)27-10-5-6-17-28(27)4;1-19-15-16-28(4)27(17-19)26-12-8-11-25(21(26)3)24-14-13-23(18-20(24)2)22-9-6-5-7-10-22/h7-22H,1-6H3;8-18H,1-7H3;2*5-18H,1-4H3/q4*+1. The Morgan fingerprint density at radius 3 is 0.854 bits per heavy atom. The predicted molar refractivity (Wildman–Crippen MR) is 522 cm³/mol. The summed E-state index contributed by atoms with van der Waals surface area (Å²) in [5, 5.41) is 0. The van der Waals surface area contributed by atoms with Gasteiger partial charge in [-0.15, -0.1) is 0 Å². The molecule has 0 amide bonds. The summed E-state index contributed by atoms with van der Waals surface area (Å²) in [6.07, 6.45) is 8.76. The summed E-state index contributed by atoms with van der Waals surface area (Å²) in [6, 6.07) is 113. The molecule has 0 unspecified atom stereocenters. The Bertz CT molecular complexity index is 6750. The fourth-order valence-electron chi connectivity index (χ4n) is 18.1. The van der Waals surface area contributed by atoms with E-state index in [-0.39, 0.29) is 0 Å². The second kappa shape index (κ2) is 37.6. The highest BCUT2D eigenvalue weighted by Gasteiger charge is 2.25. The fraction of sp³-hybridized carbons (Fsp3) is 0.176. The van der Waals surface area contributed by atoms with Gasteiger partial charge in [0.05, 0.1) is 0 Å². The molecular formula is C119H118N4+4. The van der Waals surface area contributed by atoms with Crippen molar-refractivity contribution in [2.45, 2.75) is 118 Å². The van der Waals surface area contributed by atoms with Gasteiger partial charge in [-0.1, -0.05) is 259 Å². The van der Waals surface area contributed by atoms with Crippen LogP contribution in [0.1, 0.15) is 94.6 Å². The van der Waals surface area contributed by atoms with Crippen molar-refractivity contribution in [3.8, 4) is 145 Å². The van der Waals surface area contributed by atoms with E-state index in [0.717, 1.165) is 0 Å². The van der Waals surface area contributed by atoms with Crippen LogP contribution in [-0.4, -0.2) is 0 Å². The van der Waals surface area contributed by atoms with Gasteiger partial charge in [0.15, 0.2) is 24.8 Å². The Balaban J connectivity index is 0.000000134. The highest BCUT2D eigenvalue weighted by molar-refractivity contribution is 5.86. The first-order valence-corrected chi connectivity index (χ1v) is 43.2. The zero-order chi connectivity index (χ0) is 87.0. The Hall–Kier alpha value is -13.5. The third-order valence-electron chi connectivity index (χ3n) is 25.0. The van der Waals surface area contributed by atoms with Gasteiger partial charge in [0.25, 0.3) is 0 Å². The third kappa shape index (κ3) is 18.8. The number of hydrogen-bond donors (Lipinski definition) is 0. The molecule has 4 aromatic heterocycles. The molecule has 13 aromatic carbocycles. The summed E-state index contributed by atoms with van der Waals surface area (Å²) in [7, 11) is 8.52. The summed E-state index contributed by atoms with van der Waals surface area (Å²) in [6.45, 7) is 37.4. The minimum Gasteiger partial charge on any atom is -0.201 e. The number of rotatable bonds is 13. The average molecular weight is 1600 g/mol. The smallest absolute Gasteiger partial charge is 0.201 e. The summed E-state index contributed by atoms with van der Waals surface area (Å²) < 4.78 is 8.91. The van der Waals surface area contributed by atoms with Crippen LogP contribution in [-0.2, 0) is 28.2 Å². The Kier molecular flexibility index (Phi) is 26.3. The molecule has 4 nitrogen and oxygen atoms in total. The van der Waals surface area contributed by atoms with E-state index in [9.17, 15) is 0 Å². The number of aryl methyl sites for hydroxylation is 17. The molecule has 0 spiro atoms. The van der Waals surface area contributed by atoms with E-state index in [1.54, 1.807) is 0 Å². The van der Waals surface area contributed by atoms with Gasteiger partial charge in [0.2, 0.25) is 22.8 Å². The van der Waals surface area contributed by atoms with E-state index in [2.05, 4.69) is 498 Å². The summed E-state index contributed by atoms with van der Waals surface area (Å²) >= 11 is 0. The Morgan fingerprint density at radius 1 is 0.154 bits per heavy atom. The molecule has 610 valence electrons. The zero-order valence-electron chi connectivity index (χ0n) is 76.0. The normalized spacial score (nSPS) is 11.0. The molecular weight excluding hydrogens is 1490 g/mol. The molecule has 0 saturated heterocycles. The van der Waals surface area contributed by atoms with Crippen LogP contribution >= 0.6 is 0 Å². The first-order chi connectivity index (χ1) is 59.2. The maximum Gasteiger partial charge on any atom is 0.213 e. The quantitative estimate of drug-likeness (QED) is 0.102. The molecule has 4 heteroatoms. The lowest BCUT2D eigenvalue weighted by molar-refractivity contribution is -0.660. The van der Waals surface area contributed by atoms with Crippen molar-refractivity contribution in [1.29, 1.82) is 0 Å². The van der Waals surface area contributed by atoms with Crippen molar-refractivity contribution in [2.75, 3.05) is 0 Å². The highest BCUT2D eigenvalue weighted by atomic mass is 14.9. The predicted octanol–water partition coefficient (Wildman–Crippen LogP) is 29.0. The molecule has 0 bridgehead atoms. The number of hydrogen-bond acceptors (Lipinski definition) is 0. The van der Waals surface area contributed by atoms with Crippen molar-refractivity contribution in [3.05, 3.63) is 429 Å². The maximum atomic E-state index is 2.37. The maximum absolute atomic E-state index is 2.37. The van der Waals surface area contributed by atoms with E-state index in [1.165, 1.54) is 240 Å². The van der Waals surface area contributed by atoms with E-state index in [1.807, 2.05) is 0 Å². The fourth-order valence-corrected chi connectivity index (χ4v) is 18.1. The van der Waals surface area contributed by atoms with Crippen LogP contribution in [0.5, 0.6) is 0 Å². The summed E-state index contributed by atoms with van der Waals surface area (Å²) in [5.74, 6) is 0. The number of aromatic nitrogens is 4. The Labute approximate surface area is 733 Å². The molecule has 0 aliphatic rings. The van der Waals surface area contributed by atoms with E-state index < -0.39 is 0 Å². The summed E-state index contributed by atoms with van der Waals surface area (Å²) in [4.78, 5) is 0. The Morgan fingerprint density at radius 2 is 0.455 bits per heavy atom. The lowest BCUT2D eigenvalue weighted by Crippen LogP contribution is -2.31. The lowest BCUT2D eigenvalue weighted by Gasteiger charge is -2.16. The van der Waals surface area contributed by atoms with Crippen LogP contribution in [0.2, 0.25) is 0 Å². The topological polar surface area (TPSA) is 15.5 Å². The highest BCUT2D eigenvalue weighted by Crippen LogP contribution is 2.42. The van der Waals surface area contributed by atoms with Crippen LogP contribution in [0.4, 0.5) is 0 Å². The molecule has 0 saturated carbocycles. The molecule has 0 radical (unpaired) electrons. The van der Waals surface area contributed by atoms with E-state index in [0.29, 0.717) is 0 Å². The molecule has 0 N–H and O–H groups in total. The minimum atomic E-state index is 1.23. The van der Waals surface area contributed by atoms with Crippen molar-refractivity contribution < 1.29 is 18.3 Å². The molecule has 17 rings (SSSR count). The first kappa shape index (κ1) is 85.9. The SMILES string of the molecule is Cc1cc[n+](C)c(-c2cccc(-c3ccc(-c4ccccc4)cc3C)c2C)c1.Cc1ccc(-c2cc(-c3cccc(-c4ccc(-c5ccccc5)cc4C)c3C)[n+](C)cc2C)c(C)c1.Cc1ccc(-c2ccc(-c3cccc(-c4cccc[n+]4C)c3C)c(C)c2)cc1.Cc1ccc(-c2cccc(-c3cc(-c4c(C)cccc4C)c(C)c[n+]3C)c2C)c(C)c1. The van der Waals surface area contributed by atoms with E-state index in [4.69, 9.17) is 0 Å². The minimum absolute atomic E-state index is 1.23. The van der Waals surface area contributed by atoms with Gasteiger partial charge in [-0.3, -0.25) is 0 Å². The number of nitrogens with zero attached hydrogens (tertiary/aromatic N) is 4. The van der Waals surface area contributed by atoms with Gasteiger partial charge in [-0.25, -0.2) is 18.3 Å². The van der Waals surface area contributed by atoms with Crippen LogP contribution in [0.3, 0.4) is 0 Å². The molecule has 4 heterocycles. The molecule has 0 aliphatic carbocycles. The lowest BCUT2D eigenvalue weighted by atomic mass is 9.89. The van der Waals surface area contributed by atoms with Crippen LogP contribution in [0.25, 0.3) is 145 Å². The van der Waals surface area contributed by atoms with E-state index >= 15 is 0 Å². The molecule has 0 atom stereocenters. The van der Waals surface area contributed by atoms with Gasteiger partial charge in [-0.2, -0.15) is 0 Å². The first-order valence-electron chi connectivity index (χ1n) is 43.2. The molecule has 123 heavy (non-hydrogen) atoms. The van der Waals surface area contributed by atoms with Gasteiger partial charge < -0.3 is 0 Å². The largest absolute Gasteiger partial charge is 0.213 e. The van der Waals surface area contributed by atoms with Crippen LogP contribution < -0.4 is 18.3 Å². The molecule has 0 aliphatic heterocycles. The second-order valence-electron chi connectivity index (χ2n) is 34.1. The van der Waals surface area contributed by atoms with Gasteiger partial charge in [-0.05, 0) is 315 Å². The third-order valence-corrected chi connectivity index (χ3v) is 25.0. The van der Waals surface area contributed by atoms with Gasteiger partial charge in [0, 0.05) is 69.8 Å². The molecule has 17 aromatic rings. The van der Waals surface area contributed by atoms with Crippen molar-refractivity contribution >= 4 is 0 Å². The van der Waals surface area contributed by atoms with Crippen molar-refractivity contribution in [3.63, 3.8) is 0 Å². The van der Waals surface area contributed by atoms with Crippen LogP contribution in [0.15, 0.2) is 334 Å². The average Bonchev–Trinajstić information content (AvgIpc) is 0.792. The molecule has 0 fully saturated rings. The van der Waals surface area contributed by atoms with Gasteiger partial charge >= 0.3 is 0 Å². The summed E-state index contributed by atoms with van der Waals surface area (Å²) in [5.41, 5.74) is 55.5. The zero-order valence-corrected chi connectivity index (χ0v) is 76.0. The number of pyridine rings is 4. The monoisotopic (exact) mass is 1600 g/mol. The number of benzene rings is 13. The van der Waals surface area contributed by atoms with Crippen molar-refractivity contribution in [1.82, 2.24) is 0 Å². The second-order valence-corrected chi connectivity index (χ2v) is 34.1. The van der Waals surface area contributed by atoms with Crippen molar-refractivity contribution in [2.24, 2.45) is 28.2 Å². The van der Waals surface area contributed by atoms with Crippen LogP contribution in [0, 0.1) is 118 Å².